The van der Waals surface area contributed by atoms with Crippen LogP contribution in [0.5, 0.6) is 0 Å². The van der Waals surface area contributed by atoms with Gasteiger partial charge in [-0.2, -0.15) is 0 Å². The Balaban J connectivity index is 1.44. The van der Waals surface area contributed by atoms with Gasteiger partial charge in [0.25, 0.3) is 0 Å². The third-order valence-electron chi connectivity index (χ3n) is 7.88. The summed E-state index contributed by atoms with van der Waals surface area (Å²) in [6.07, 6.45) is 26.5. The Morgan fingerprint density at radius 3 is 1.77 bits per heavy atom. The van der Waals surface area contributed by atoms with E-state index in [4.69, 9.17) is 4.98 Å². The Morgan fingerprint density at radius 2 is 1.20 bits per heavy atom. The van der Waals surface area contributed by atoms with Crippen LogP contribution in [0.25, 0.3) is 5.70 Å². The Labute approximate surface area is 189 Å². The molecule has 30 heavy (non-hydrogen) atoms. The lowest BCUT2D eigenvalue weighted by Gasteiger charge is -2.38. The maximum atomic E-state index is 5.22. The van der Waals surface area contributed by atoms with Gasteiger partial charge in [-0.15, -0.1) is 11.3 Å². The van der Waals surface area contributed by atoms with Crippen molar-refractivity contribution in [2.75, 3.05) is 6.54 Å². The van der Waals surface area contributed by atoms with E-state index < -0.39 is 0 Å². The summed E-state index contributed by atoms with van der Waals surface area (Å²) < 4.78 is 0. The molecular formula is C27H44N2S. The number of hydrogen-bond acceptors (Lipinski definition) is 3. The topological polar surface area (TPSA) is 16.1 Å². The van der Waals surface area contributed by atoms with Crippen LogP contribution in [0.15, 0.2) is 6.58 Å². The van der Waals surface area contributed by atoms with Crippen molar-refractivity contribution in [2.24, 2.45) is 0 Å². The van der Waals surface area contributed by atoms with Gasteiger partial charge >= 0.3 is 0 Å². The van der Waals surface area contributed by atoms with Crippen LogP contribution >= 0.6 is 11.3 Å². The van der Waals surface area contributed by atoms with Crippen molar-refractivity contribution >= 4 is 17.0 Å². The van der Waals surface area contributed by atoms with Crippen LogP contribution in [0.2, 0.25) is 0 Å². The van der Waals surface area contributed by atoms with Crippen LogP contribution in [-0.2, 0) is 6.42 Å². The summed E-state index contributed by atoms with van der Waals surface area (Å²) in [4.78, 5) is 9.35. The normalized spacial score (nSPS) is 24.4. The molecule has 3 aliphatic rings. The summed E-state index contributed by atoms with van der Waals surface area (Å²) in [7, 11) is 0. The van der Waals surface area contributed by atoms with Crippen LogP contribution in [0.1, 0.15) is 137 Å². The Hall–Kier alpha value is -0.830. The summed E-state index contributed by atoms with van der Waals surface area (Å²) in [5.41, 5.74) is 2.68. The third kappa shape index (κ3) is 5.90. The van der Waals surface area contributed by atoms with E-state index in [1.165, 1.54) is 137 Å². The fraction of sp³-hybridized carbons (Fsp3) is 0.815. The minimum absolute atomic E-state index is 0.702. The van der Waals surface area contributed by atoms with Crippen molar-refractivity contribution in [1.29, 1.82) is 0 Å². The predicted octanol–water partition coefficient (Wildman–Crippen LogP) is 8.47. The SMILES string of the molecule is C=C1c2sc(C3CCCCCCCCC3)nc2CCN1C1CCCCCCCCC1. The summed E-state index contributed by atoms with van der Waals surface area (Å²) >= 11 is 2.01. The molecule has 2 nitrogen and oxygen atoms in total. The van der Waals surface area contributed by atoms with Gasteiger partial charge in [0.2, 0.25) is 0 Å². The zero-order chi connectivity index (χ0) is 20.6. The molecule has 0 spiro atoms. The Bertz CT molecular complexity index is 644. The van der Waals surface area contributed by atoms with E-state index in [2.05, 4.69) is 11.5 Å². The van der Waals surface area contributed by atoms with Crippen LogP contribution in [-0.4, -0.2) is 22.5 Å². The second-order valence-electron chi connectivity index (χ2n) is 10.2. The van der Waals surface area contributed by atoms with Gasteiger partial charge in [0.05, 0.1) is 15.6 Å². The minimum atomic E-state index is 0.702. The fourth-order valence-corrected chi connectivity index (χ4v) is 7.26. The van der Waals surface area contributed by atoms with Gasteiger partial charge in [0, 0.05) is 30.6 Å². The van der Waals surface area contributed by atoms with Crippen molar-refractivity contribution < 1.29 is 0 Å². The molecule has 4 rings (SSSR count). The molecule has 0 amide bonds. The van der Waals surface area contributed by atoms with Gasteiger partial charge in [0.15, 0.2) is 0 Å². The van der Waals surface area contributed by atoms with Crippen LogP contribution in [0.3, 0.4) is 0 Å². The molecule has 168 valence electrons. The summed E-state index contributed by atoms with van der Waals surface area (Å²) in [5, 5.41) is 1.44. The lowest BCUT2D eigenvalue weighted by Crippen LogP contribution is -2.38. The summed E-state index contributed by atoms with van der Waals surface area (Å²) in [5.74, 6) is 0.702. The zero-order valence-corrected chi connectivity index (χ0v) is 20.1. The van der Waals surface area contributed by atoms with E-state index in [9.17, 15) is 0 Å². The smallest absolute Gasteiger partial charge is 0.0966 e. The molecule has 0 bridgehead atoms. The number of thiazole rings is 1. The summed E-state index contributed by atoms with van der Waals surface area (Å²) in [6, 6.07) is 0.711. The first-order chi connectivity index (χ1) is 14.8. The maximum Gasteiger partial charge on any atom is 0.0966 e. The highest BCUT2D eigenvalue weighted by Gasteiger charge is 2.30. The monoisotopic (exact) mass is 428 g/mol. The quantitative estimate of drug-likeness (QED) is 0.469. The number of hydrogen-bond donors (Lipinski definition) is 0. The lowest BCUT2D eigenvalue weighted by atomic mass is 9.92. The van der Waals surface area contributed by atoms with E-state index in [1.54, 1.807) is 0 Å². The molecule has 0 radical (unpaired) electrons. The minimum Gasteiger partial charge on any atom is -0.367 e. The van der Waals surface area contributed by atoms with Crippen molar-refractivity contribution in [3.05, 3.63) is 22.2 Å². The molecule has 3 heteroatoms. The zero-order valence-electron chi connectivity index (χ0n) is 19.3. The molecule has 0 atom stereocenters. The van der Waals surface area contributed by atoms with Crippen molar-refractivity contribution in [3.63, 3.8) is 0 Å². The number of rotatable bonds is 2. The van der Waals surface area contributed by atoms with E-state index in [1.807, 2.05) is 11.3 Å². The second-order valence-corrected chi connectivity index (χ2v) is 11.2. The van der Waals surface area contributed by atoms with Crippen LogP contribution < -0.4 is 0 Å². The molecule has 2 aliphatic carbocycles. The lowest BCUT2D eigenvalue weighted by molar-refractivity contribution is 0.246. The summed E-state index contributed by atoms with van der Waals surface area (Å²) in [6.45, 7) is 5.77. The molecule has 1 aromatic heterocycles. The third-order valence-corrected chi connectivity index (χ3v) is 9.19. The second kappa shape index (κ2) is 11.7. The van der Waals surface area contributed by atoms with E-state index >= 15 is 0 Å². The van der Waals surface area contributed by atoms with Crippen LogP contribution in [0.4, 0.5) is 0 Å². The molecular weight excluding hydrogens is 384 g/mol. The highest BCUT2D eigenvalue weighted by atomic mass is 32.1. The maximum absolute atomic E-state index is 5.22. The van der Waals surface area contributed by atoms with Crippen LogP contribution in [0, 0.1) is 0 Å². The van der Waals surface area contributed by atoms with E-state index in [0.717, 1.165) is 13.0 Å². The number of fused-ring (bicyclic) bond motifs is 1. The molecule has 0 unspecified atom stereocenters. The molecule has 1 aromatic rings. The van der Waals surface area contributed by atoms with Gasteiger partial charge in [-0.1, -0.05) is 96.5 Å². The first-order valence-corrected chi connectivity index (χ1v) is 14.1. The molecule has 2 saturated carbocycles. The van der Waals surface area contributed by atoms with Gasteiger partial charge < -0.3 is 4.90 Å². The molecule has 1 aliphatic heterocycles. The first-order valence-electron chi connectivity index (χ1n) is 13.3. The fourth-order valence-electron chi connectivity index (χ4n) is 5.99. The van der Waals surface area contributed by atoms with Crippen molar-refractivity contribution in [2.45, 2.75) is 134 Å². The molecule has 2 fully saturated rings. The van der Waals surface area contributed by atoms with Crippen molar-refractivity contribution in [1.82, 2.24) is 9.88 Å². The molecule has 2 heterocycles. The average Bonchev–Trinajstić information content (AvgIpc) is 3.21. The number of aromatic nitrogens is 1. The molecule has 0 N–H and O–H groups in total. The first kappa shape index (κ1) is 22.4. The van der Waals surface area contributed by atoms with Crippen molar-refractivity contribution in [3.8, 4) is 0 Å². The number of nitrogens with zero attached hydrogens (tertiary/aromatic N) is 2. The predicted molar refractivity (Wildman–Crippen MR) is 131 cm³/mol. The highest BCUT2D eigenvalue weighted by molar-refractivity contribution is 7.13. The highest BCUT2D eigenvalue weighted by Crippen LogP contribution is 2.40. The van der Waals surface area contributed by atoms with Gasteiger partial charge in [0.1, 0.15) is 0 Å². The van der Waals surface area contributed by atoms with E-state index in [-0.39, 0.29) is 0 Å². The van der Waals surface area contributed by atoms with Gasteiger partial charge in [-0.3, -0.25) is 0 Å². The molecule has 0 aromatic carbocycles. The largest absolute Gasteiger partial charge is 0.367 e. The van der Waals surface area contributed by atoms with Gasteiger partial charge in [-0.25, -0.2) is 4.98 Å². The average molecular weight is 429 g/mol. The molecule has 0 saturated heterocycles. The van der Waals surface area contributed by atoms with E-state index in [0.29, 0.717) is 12.0 Å². The Morgan fingerprint density at radius 1 is 0.700 bits per heavy atom. The standard InChI is InChI=1S/C27H44N2S/c1-22-26-25(20-21-29(22)24-18-14-10-6-3-7-11-15-19-24)28-27(30-26)23-16-12-8-4-2-5-9-13-17-23/h23-24H,1-21H2. The van der Waals surface area contributed by atoms with Gasteiger partial charge in [-0.05, 0) is 25.7 Å². The Kier molecular flexibility index (Phi) is 8.72.